The van der Waals surface area contributed by atoms with Crippen molar-refractivity contribution in [2.24, 2.45) is 0 Å². The van der Waals surface area contributed by atoms with E-state index in [1.807, 2.05) is 12.1 Å². The van der Waals surface area contributed by atoms with Gasteiger partial charge in [-0.1, -0.05) is 11.6 Å². The number of carboxylic acid groups (broad SMARTS) is 1. The van der Waals surface area contributed by atoms with Gasteiger partial charge in [0.25, 0.3) is 5.56 Å². The molecule has 0 bridgehead atoms. The third kappa shape index (κ3) is 4.23. The number of hydrogen-bond donors (Lipinski definition) is 3. The van der Waals surface area contributed by atoms with E-state index in [4.69, 9.17) is 16.7 Å². The van der Waals surface area contributed by atoms with Gasteiger partial charge in [0.15, 0.2) is 11.6 Å². The number of pyridine rings is 1. The van der Waals surface area contributed by atoms with Gasteiger partial charge in [-0.05, 0) is 77.4 Å². The SMILES string of the molecule is O=C(O)Nc1ccc(-c2nnc([C@@H]3CCc4cc(-c5cc(Cl)ccc5-n5cnnn5)cc(=O)n43)[nH]2)cc1. The summed E-state index contributed by atoms with van der Waals surface area (Å²) < 4.78 is 3.26. The minimum Gasteiger partial charge on any atom is -0.465 e. The summed E-state index contributed by atoms with van der Waals surface area (Å²) in [5.74, 6) is 1.11. The zero-order valence-electron chi connectivity index (χ0n) is 19.0. The van der Waals surface area contributed by atoms with Crippen LogP contribution in [0.2, 0.25) is 5.02 Å². The van der Waals surface area contributed by atoms with Gasteiger partial charge in [-0.25, -0.2) is 4.79 Å². The smallest absolute Gasteiger partial charge is 0.409 e. The number of halogens is 1. The van der Waals surface area contributed by atoms with Crippen LogP contribution in [0.15, 0.2) is 65.7 Å². The first kappa shape index (κ1) is 22.6. The minimum absolute atomic E-state index is 0.167. The maximum Gasteiger partial charge on any atom is 0.409 e. The lowest BCUT2D eigenvalue weighted by Gasteiger charge is -2.14. The Balaban J connectivity index is 1.32. The number of tetrazole rings is 1. The second-order valence-corrected chi connectivity index (χ2v) is 8.92. The van der Waals surface area contributed by atoms with E-state index in [1.165, 1.54) is 11.0 Å². The highest BCUT2D eigenvalue weighted by Crippen LogP contribution is 2.34. The standard InChI is InChI=1S/C24H18ClN9O3/c25-15-3-7-19(33-12-26-31-32-33)18(11-15)14-9-17-6-8-20(34(17)21(35)10-14)23-28-22(29-30-23)13-1-4-16(5-2-13)27-24(36)37/h1-5,7,9-12,20,27H,6,8H2,(H,36,37)(H,28,29,30)/t20-/m0/s1. The van der Waals surface area contributed by atoms with Gasteiger partial charge in [-0.15, -0.1) is 15.3 Å². The molecule has 0 unspecified atom stereocenters. The molecule has 0 saturated heterocycles. The number of amides is 1. The van der Waals surface area contributed by atoms with Crippen molar-refractivity contribution in [3.63, 3.8) is 0 Å². The lowest BCUT2D eigenvalue weighted by molar-refractivity contribution is 0.209. The lowest BCUT2D eigenvalue weighted by Crippen LogP contribution is -2.24. The highest BCUT2D eigenvalue weighted by molar-refractivity contribution is 6.31. The second-order valence-electron chi connectivity index (χ2n) is 8.48. The number of benzene rings is 2. The van der Waals surface area contributed by atoms with Crippen molar-refractivity contribution in [2.45, 2.75) is 18.9 Å². The maximum atomic E-state index is 13.3. The Hall–Kier alpha value is -4.84. The summed E-state index contributed by atoms with van der Waals surface area (Å²) in [6.45, 7) is 0. The van der Waals surface area contributed by atoms with E-state index in [9.17, 15) is 9.59 Å². The number of hydrogen-bond acceptors (Lipinski definition) is 7. The predicted molar refractivity (Wildman–Crippen MR) is 134 cm³/mol. The summed E-state index contributed by atoms with van der Waals surface area (Å²) >= 11 is 6.28. The van der Waals surface area contributed by atoms with Gasteiger partial charge in [-0.2, -0.15) is 4.68 Å². The van der Waals surface area contributed by atoms with E-state index in [0.29, 0.717) is 40.9 Å². The van der Waals surface area contributed by atoms with Crippen LogP contribution in [0, 0.1) is 0 Å². The van der Waals surface area contributed by atoms with Crippen LogP contribution in [0.25, 0.3) is 28.2 Å². The number of aryl methyl sites for hydroxylation is 1. The molecule has 13 heteroatoms. The molecule has 12 nitrogen and oxygen atoms in total. The van der Waals surface area contributed by atoms with Crippen LogP contribution in [0.1, 0.15) is 24.0 Å². The Morgan fingerprint density at radius 2 is 1.92 bits per heavy atom. The zero-order chi connectivity index (χ0) is 25.5. The number of rotatable bonds is 5. The first-order valence-corrected chi connectivity index (χ1v) is 11.7. The molecule has 5 aromatic rings. The average molecular weight is 516 g/mol. The maximum absolute atomic E-state index is 13.3. The topological polar surface area (TPSA) is 156 Å². The number of aromatic nitrogens is 8. The Kier molecular flexibility index (Phi) is 5.49. The molecule has 1 aliphatic rings. The Bertz CT molecular complexity index is 1680. The first-order chi connectivity index (χ1) is 18.0. The Morgan fingerprint density at radius 1 is 1.08 bits per heavy atom. The molecule has 3 N–H and O–H groups in total. The molecular formula is C24H18ClN9O3. The van der Waals surface area contributed by atoms with Gasteiger partial charge in [-0.3, -0.25) is 10.1 Å². The number of H-pyrrole nitrogens is 1. The van der Waals surface area contributed by atoms with Crippen LogP contribution in [0.4, 0.5) is 10.5 Å². The van der Waals surface area contributed by atoms with Gasteiger partial charge < -0.3 is 14.7 Å². The zero-order valence-corrected chi connectivity index (χ0v) is 19.8. The number of nitrogens with zero attached hydrogens (tertiary/aromatic N) is 7. The summed E-state index contributed by atoms with van der Waals surface area (Å²) in [4.78, 5) is 27.4. The molecule has 1 amide bonds. The molecule has 184 valence electrons. The highest BCUT2D eigenvalue weighted by atomic mass is 35.5. The predicted octanol–water partition coefficient (Wildman–Crippen LogP) is 3.56. The first-order valence-electron chi connectivity index (χ1n) is 11.3. The summed E-state index contributed by atoms with van der Waals surface area (Å²) in [6, 6.07) is 15.4. The molecule has 0 saturated carbocycles. The molecule has 4 heterocycles. The number of aromatic amines is 1. The third-order valence-corrected chi connectivity index (χ3v) is 6.46. The summed E-state index contributed by atoms with van der Waals surface area (Å²) in [6.07, 6.45) is 1.72. The van der Waals surface area contributed by atoms with E-state index < -0.39 is 6.09 Å². The molecule has 0 spiro atoms. The van der Waals surface area contributed by atoms with E-state index in [0.717, 1.165) is 22.4 Å². The van der Waals surface area contributed by atoms with Gasteiger partial charge >= 0.3 is 6.09 Å². The van der Waals surface area contributed by atoms with E-state index >= 15 is 0 Å². The van der Waals surface area contributed by atoms with Crippen LogP contribution in [-0.4, -0.2) is 51.2 Å². The normalized spacial score (nSPS) is 14.5. The largest absolute Gasteiger partial charge is 0.465 e. The molecule has 6 rings (SSSR count). The summed E-state index contributed by atoms with van der Waals surface area (Å²) in [7, 11) is 0. The van der Waals surface area contributed by atoms with E-state index in [2.05, 4.69) is 36.0 Å². The fourth-order valence-electron chi connectivity index (χ4n) is 4.61. The number of nitrogens with one attached hydrogen (secondary N) is 2. The molecule has 0 radical (unpaired) electrons. The van der Waals surface area contributed by atoms with Crippen LogP contribution in [-0.2, 0) is 6.42 Å². The van der Waals surface area contributed by atoms with Gasteiger partial charge in [0.05, 0.1) is 11.7 Å². The quantitative estimate of drug-likeness (QED) is 0.320. The van der Waals surface area contributed by atoms with Crippen LogP contribution in [0.3, 0.4) is 0 Å². The molecule has 0 aliphatic carbocycles. The lowest BCUT2D eigenvalue weighted by atomic mass is 10.0. The molecule has 0 fully saturated rings. The molecule has 1 atom stereocenters. The fraction of sp³-hybridized carbons (Fsp3) is 0.125. The molecular weight excluding hydrogens is 498 g/mol. The summed E-state index contributed by atoms with van der Waals surface area (Å²) in [5, 5.41) is 31.6. The van der Waals surface area contributed by atoms with Crippen molar-refractivity contribution < 1.29 is 9.90 Å². The highest BCUT2D eigenvalue weighted by Gasteiger charge is 2.28. The van der Waals surface area contributed by atoms with Crippen molar-refractivity contribution in [1.29, 1.82) is 0 Å². The van der Waals surface area contributed by atoms with E-state index in [1.54, 1.807) is 47.0 Å². The van der Waals surface area contributed by atoms with Gasteiger partial charge in [0.1, 0.15) is 6.33 Å². The third-order valence-electron chi connectivity index (χ3n) is 6.23. The number of fused-ring (bicyclic) bond motifs is 1. The molecule has 1 aliphatic heterocycles. The van der Waals surface area contributed by atoms with Gasteiger partial charge in [0, 0.05) is 33.6 Å². The fourth-order valence-corrected chi connectivity index (χ4v) is 4.78. The van der Waals surface area contributed by atoms with Crippen molar-refractivity contribution >= 4 is 23.4 Å². The number of anilines is 1. The van der Waals surface area contributed by atoms with Crippen LogP contribution in [0.5, 0.6) is 0 Å². The minimum atomic E-state index is -1.13. The molecule has 2 aromatic carbocycles. The Morgan fingerprint density at radius 3 is 2.68 bits per heavy atom. The monoisotopic (exact) mass is 515 g/mol. The summed E-state index contributed by atoms with van der Waals surface area (Å²) in [5.41, 5.74) is 4.07. The van der Waals surface area contributed by atoms with Crippen LogP contribution >= 0.6 is 11.6 Å². The second kappa shape index (κ2) is 8.99. The number of carbonyl (C=O) groups is 1. The van der Waals surface area contributed by atoms with Crippen molar-refractivity contribution in [3.8, 4) is 28.2 Å². The van der Waals surface area contributed by atoms with Crippen LogP contribution < -0.4 is 10.9 Å². The van der Waals surface area contributed by atoms with E-state index in [-0.39, 0.29) is 11.6 Å². The molecule has 37 heavy (non-hydrogen) atoms. The van der Waals surface area contributed by atoms with Crippen molar-refractivity contribution in [1.82, 2.24) is 40.0 Å². The van der Waals surface area contributed by atoms with Crippen molar-refractivity contribution in [3.05, 3.63) is 87.8 Å². The van der Waals surface area contributed by atoms with Crippen molar-refractivity contribution in [2.75, 3.05) is 5.32 Å². The average Bonchev–Trinajstić information content (AvgIpc) is 3.65. The molecule has 3 aromatic heterocycles. The Labute approximate surface area is 213 Å². The van der Waals surface area contributed by atoms with Gasteiger partial charge in [0.2, 0.25) is 0 Å².